The molecule has 1 aliphatic heterocycles. The lowest BCUT2D eigenvalue weighted by molar-refractivity contribution is 0.0612. The van der Waals surface area contributed by atoms with E-state index >= 15 is 0 Å². The summed E-state index contributed by atoms with van der Waals surface area (Å²) in [4.78, 5) is 15.9. The van der Waals surface area contributed by atoms with Gasteiger partial charge in [-0.05, 0) is 25.1 Å². The molecule has 0 aliphatic carbocycles. The molecule has 106 valence electrons. The van der Waals surface area contributed by atoms with Crippen LogP contribution >= 0.6 is 0 Å². The Hall–Kier alpha value is -2.26. The second-order valence-corrected chi connectivity index (χ2v) is 4.83. The lowest BCUT2D eigenvalue weighted by Crippen LogP contribution is -2.51. The molecule has 1 aromatic rings. The SMILES string of the molecule is CC(C#N)N1CCN(C(=O)c2cc(O)ccc2O)CC1. The van der Waals surface area contributed by atoms with E-state index in [4.69, 9.17) is 5.26 Å². The highest BCUT2D eigenvalue weighted by Gasteiger charge is 2.26. The minimum Gasteiger partial charge on any atom is -0.508 e. The van der Waals surface area contributed by atoms with Crippen molar-refractivity contribution in [3.05, 3.63) is 23.8 Å². The number of carbonyl (C=O) groups is 1. The van der Waals surface area contributed by atoms with Gasteiger partial charge >= 0.3 is 0 Å². The molecule has 6 nitrogen and oxygen atoms in total. The first-order chi connectivity index (χ1) is 9.52. The number of hydrogen-bond acceptors (Lipinski definition) is 5. The molecule has 1 fully saturated rings. The Morgan fingerprint density at radius 2 is 1.95 bits per heavy atom. The van der Waals surface area contributed by atoms with Crippen LogP contribution < -0.4 is 0 Å². The van der Waals surface area contributed by atoms with E-state index in [1.54, 1.807) is 4.90 Å². The molecule has 2 N–H and O–H groups in total. The summed E-state index contributed by atoms with van der Waals surface area (Å²) in [7, 11) is 0. The van der Waals surface area contributed by atoms with Gasteiger partial charge in [0.1, 0.15) is 11.5 Å². The van der Waals surface area contributed by atoms with Crippen LogP contribution in [0.4, 0.5) is 0 Å². The van der Waals surface area contributed by atoms with Crippen LogP contribution in [0.15, 0.2) is 18.2 Å². The van der Waals surface area contributed by atoms with Crippen LogP contribution in [-0.4, -0.2) is 58.1 Å². The van der Waals surface area contributed by atoms with Gasteiger partial charge in [-0.1, -0.05) is 0 Å². The summed E-state index contributed by atoms with van der Waals surface area (Å²) in [6, 6.07) is 5.91. The summed E-state index contributed by atoms with van der Waals surface area (Å²) in [5, 5.41) is 28.0. The first kappa shape index (κ1) is 14.2. The van der Waals surface area contributed by atoms with E-state index in [9.17, 15) is 15.0 Å². The quantitative estimate of drug-likeness (QED) is 0.778. The summed E-state index contributed by atoms with van der Waals surface area (Å²) >= 11 is 0. The average molecular weight is 275 g/mol. The molecule has 0 radical (unpaired) electrons. The molecular weight excluding hydrogens is 258 g/mol. The normalized spacial score (nSPS) is 17.5. The van der Waals surface area contributed by atoms with E-state index < -0.39 is 0 Å². The van der Waals surface area contributed by atoms with Crippen LogP contribution in [0.5, 0.6) is 11.5 Å². The van der Waals surface area contributed by atoms with Gasteiger partial charge in [0.2, 0.25) is 0 Å². The third-order valence-corrected chi connectivity index (χ3v) is 3.55. The summed E-state index contributed by atoms with van der Waals surface area (Å²) < 4.78 is 0. The van der Waals surface area contributed by atoms with E-state index in [2.05, 4.69) is 6.07 Å². The number of rotatable bonds is 2. The van der Waals surface area contributed by atoms with E-state index in [1.165, 1.54) is 18.2 Å². The Bertz CT molecular complexity index is 545. The zero-order valence-corrected chi connectivity index (χ0v) is 11.3. The molecule has 1 atom stereocenters. The van der Waals surface area contributed by atoms with Crippen LogP contribution in [0.3, 0.4) is 0 Å². The molecule has 1 heterocycles. The van der Waals surface area contributed by atoms with Gasteiger partial charge in [0.15, 0.2) is 0 Å². The Labute approximate surface area is 117 Å². The molecule has 1 aromatic carbocycles. The van der Waals surface area contributed by atoms with E-state index in [-0.39, 0.29) is 29.0 Å². The molecule has 20 heavy (non-hydrogen) atoms. The van der Waals surface area contributed by atoms with Crippen LogP contribution in [-0.2, 0) is 0 Å². The Morgan fingerprint density at radius 1 is 1.30 bits per heavy atom. The second-order valence-electron chi connectivity index (χ2n) is 4.83. The lowest BCUT2D eigenvalue weighted by Gasteiger charge is -2.36. The lowest BCUT2D eigenvalue weighted by atomic mass is 10.1. The fourth-order valence-corrected chi connectivity index (χ4v) is 2.26. The van der Waals surface area contributed by atoms with Gasteiger partial charge in [-0.25, -0.2) is 0 Å². The van der Waals surface area contributed by atoms with Crippen molar-refractivity contribution in [2.75, 3.05) is 26.2 Å². The zero-order chi connectivity index (χ0) is 14.7. The number of hydrogen-bond donors (Lipinski definition) is 2. The van der Waals surface area contributed by atoms with Crippen molar-refractivity contribution < 1.29 is 15.0 Å². The Morgan fingerprint density at radius 3 is 2.55 bits per heavy atom. The predicted octanol–water partition coefficient (Wildman–Crippen LogP) is 0.768. The van der Waals surface area contributed by atoms with Crippen molar-refractivity contribution in [3.63, 3.8) is 0 Å². The Kier molecular flexibility index (Phi) is 4.11. The highest BCUT2D eigenvalue weighted by Crippen LogP contribution is 2.24. The molecular formula is C14H17N3O3. The zero-order valence-electron chi connectivity index (χ0n) is 11.3. The maximum absolute atomic E-state index is 12.3. The number of nitrogens with zero attached hydrogens (tertiary/aromatic N) is 3. The first-order valence-corrected chi connectivity index (χ1v) is 6.48. The van der Waals surface area contributed by atoms with Crippen molar-refractivity contribution in [3.8, 4) is 17.6 Å². The third-order valence-electron chi connectivity index (χ3n) is 3.55. The number of nitriles is 1. The number of carbonyl (C=O) groups excluding carboxylic acids is 1. The highest BCUT2D eigenvalue weighted by atomic mass is 16.3. The Balaban J connectivity index is 2.05. The number of phenolic OH excluding ortho intramolecular Hbond substituents is 2. The van der Waals surface area contributed by atoms with Crippen molar-refractivity contribution >= 4 is 5.91 Å². The summed E-state index contributed by atoms with van der Waals surface area (Å²) in [6.45, 7) is 4.08. The summed E-state index contributed by atoms with van der Waals surface area (Å²) in [5.41, 5.74) is 0.104. The predicted molar refractivity (Wildman–Crippen MR) is 72.3 cm³/mol. The van der Waals surface area contributed by atoms with Crippen molar-refractivity contribution in [2.24, 2.45) is 0 Å². The minimum atomic E-state index is -0.303. The molecule has 0 spiro atoms. The molecule has 6 heteroatoms. The van der Waals surface area contributed by atoms with Gasteiger partial charge in [0, 0.05) is 26.2 Å². The molecule has 2 rings (SSSR count). The summed E-state index contributed by atoms with van der Waals surface area (Å²) in [5.74, 6) is -0.494. The van der Waals surface area contributed by atoms with Crippen LogP contribution in [0.25, 0.3) is 0 Å². The van der Waals surface area contributed by atoms with E-state index in [1.807, 2.05) is 11.8 Å². The maximum atomic E-state index is 12.3. The smallest absolute Gasteiger partial charge is 0.257 e. The summed E-state index contributed by atoms with van der Waals surface area (Å²) in [6.07, 6.45) is 0. The van der Waals surface area contributed by atoms with Crippen LogP contribution in [0, 0.1) is 11.3 Å². The molecule has 0 bridgehead atoms. The number of aromatic hydroxyl groups is 2. The van der Waals surface area contributed by atoms with Crippen LogP contribution in [0.2, 0.25) is 0 Å². The molecule has 1 unspecified atom stereocenters. The number of amides is 1. The topological polar surface area (TPSA) is 87.8 Å². The minimum absolute atomic E-state index is 0.0529. The van der Waals surface area contributed by atoms with Crippen LogP contribution in [0.1, 0.15) is 17.3 Å². The number of benzene rings is 1. The highest BCUT2D eigenvalue weighted by molar-refractivity contribution is 5.97. The van der Waals surface area contributed by atoms with Crippen molar-refractivity contribution in [1.82, 2.24) is 9.80 Å². The number of piperazine rings is 1. The third kappa shape index (κ3) is 2.83. The number of phenols is 2. The van der Waals surface area contributed by atoms with Gasteiger partial charge in [-0.15, -0.1) is 0 Å². The first-order valence-electron chi connectivity index (χ1n) is 6.48. The van der Waals surface area contributed by atoms with Crippen molar-refractivity contribution in [2.45, 2.75) is 13.0 Å². The second kappa shape index (κ2) is 5.80. The van der Waals surface area contributed by atoms with Crippen molar-refractivity contribution in [1.29, 1.82) is 5.26 Å². The molecule has 1 amide bonds. The fourth-order valence-electron chi connectivity index (χ4n) is 2.26. The molecule has 1 aliphatic rings. The molecule has 1 saturated heterocycles. The van der Waals surface area contributed by atoms with Gasteiger partial charge in [0.05, 0.1) is 17.7 Å². The van der Waals surface area contributed by atoms with E-state index in [0.717, 1.165) is 0 Å². The average Bonchev–Trinajstić information content (AvgIpc) is 2.48. The fraction of sp³-hybridized carbons (Fsp3) is 0.429. The standard InChI is InChI=1S/C14H17N3O3/c1-10(9-15)16-4-6-17(7-5-16)14(20)12-8-11(18)2-3-13(12)19/h2-3,8,10,18-19H,4-7H2,1H3. The van der Waals surface area contributed by atoms with Gasteiger partial charge in [0.25, 0.3) is 5.91 Å². The van der Waals surface area contributed by atoms with Gasteiger partial charge in [-0.2, -0.15) is 5.26 Å². The maximum Gasteiger partial charge on any atom is 0.257 e. The molecule has 0 saturated carbocycles. The molecule has 0 aromatic heterocycles. The van der Waals surface area contributed by atoms with E-state index in [0.29, 0.717) is 26.2 Å². The largest absolute Gasteiger partial charge is 0.508 e. The monoisotopic (exact) mass is 275 g/mol. The van der Waals surface area contributed by atoms with Gasteiger partial charge < -0.3 is 15.1 Å². The van der Waals surface area contributed by atoms with Gasteiger partial charge in [-0.3, -0.25) is 9.69 Å².